The van der Waals surface area contributed by atoms with Gasteiger partial charge < -0.3 is 9.47 Å². The van der Waals surface area contributed by atoms with E-state index in [1.54, 1.807) is 14.2 Å². The molecule has 0 radical (unpaired) electrons. The van der Waals surface area contributed by atoms with Crippen LogP contribution in [0.3, 0.4) is 0 Å². The van der Waals surface area contributed by atoms with Gasteiger partial charge in [0.25, 0.3) is 0 Å². The number of amides is 1. The van der Waals surface area contributed by atoms with Crippen molar-refractivity contribution in [3.8, 4) is 17.2 Å². The van der Waals surface area contributed by atoms with Gasteiger partial charge in [0, 0.05) is 0 Å². The fraction of sp³-hybridized carbons (Fsp3) is 0.536. The summed E-state index contributed by atoms with van der Waals surface area (Å²) in [5.41, 5.74) is 3.14. The van der Waals surface area contributed by atoms with Crippen molar-refractivity contribution in [2.24, 2.45) is 0 Å². The predicted octanol–water partition coefficient (Wildman–Crippen LogP) is 2.83. The van der Waals surface area contributed by atoms with E-state index >= 15 is 0 Å². The average Bonchev–Trinajstić information content (AvgIpc) is 2.93. The maximum absolute atomic E-state index is 12.9. The fourth-order valence-corrected chi connectivity index (χ4v) is 4.95. The van der Waals surface area contributed by atoms with Crippen molar-refractivity contribution in [2.75, 3.05) is 73.6 Å². The molecule has 0 unspecified atom stereocenters. The van der Waals surface area contributed by atoms with Gasteiger partial charge >= 0.3 is 177 Å². The summed E-state index contributed by atoms with van der Waals surface area (Å²) >= 11 is 1.51. The molecule has 210 valence electrons. The number of halogens is 1. The Balaban J connectivity index is 1.38. The molecular formula is C28H38AtFN2O6. The quantitative estimate of drug-likeness (QED) is 0.252. The van der Waals surface area contributed by atoms with Crippen LogP contribution < -0.4 is 22.8 Å². The van der Waals surface area contributed by atoms with Gasteiger partial charge in [-0.15, -0.1) is 0 Å². The zero-order valence-electron chi connectivity index (χ0n) is 22.2. The summed E-state index contributed by atoms with van der Waals surface area (Å²) in [6.07, 6.45) is 2.88. The number of benzene rings is 2. The van der Waals surface area contributed by atoms with Crippen LogP contribution in [0.5, 0.6) is 17.2 Å². The number of carbonyl (C=O) groups excluding carboxylic acids is 1. The Morgan fingerprint density at radius 1 is 0.947 bits per heavy atom. The third-order valence-corrected chi connectivity index (χ3v) is 7.16. The van der Waals surface area contributed by atoms with E-state index in [0.717, 1.165) is 53.7 Å². The molecule has 0 fully saturated rings. The third kappa shape index (κ3) is 9.63. The molecule has 1 N–H and O–H groups in total. The van der Waals surface area contributed by atoms with Crippen LogP contribution in [-0.4, -0.2) is 84.4 Å². The number of methoxy groups -OCH3 is 2. The van der Waals surface area contributed by atoms with E-state index in [0.29, 0.717) is 44.3 Å². The van der Waals surface area contributed by atoms with Gasteiger partial charge in [0.05, 0.1) is 14.2 Å². The first-order chi connectivity index (χ1) is 18.5. The summed E-state index contributed by atoms with van der Waals surface area (Å²) in [6, 6.07) is 9.80. The van der Waals surface area contributed by atoms with Crippen LogP contribution in [0.25, 0.3) is 0 Å². The predicted molar refractivity (Wildman–Crippen MR) is 139 cm³/mol. The van der Waals surface area contributed by atoms with Crippen molar-refractivity contribution in [3.05, 3.63) is 47.0 Å². The first-order valence-corrected chi connectivity index (χ1v) is 14.4. The summed E-state index contributed by atoms with van der Waals surface area (Å²) in [7, 11) is 3.33. The number of hydrogen-bond acceptors (Lipinski definition) is 7. The molecule has 10 heteroatoms. The van der Waals surface area contributed by atoms with E-state index in [9.17, 15) is 9.18 Å². The molecule has 0 saturated heterocycles. The molecule has 0 atom stereocenters. The van der Waals surface area contributed by atoms with E-state index in [1.165, 1.54) is 35.8 Å². The average molecular weight is 729 g/mol. The van der Waals surface area contributed by atoms with Crippen LogP contribution in [0.1, 0.15) is 34.3 Å². The molecule has 0 saturated carbocycles. The van der Waals surface area contributed by atoms with Crippen LogP contribution in [0.4, 0.5) is 4.39 Å². The molecule has 2 aromatic rings. The van der Waals surface area contributed by atoms with Gasteiger partial charge in [-0.05, 0) is 17.7 Å². The molecule has 1 amide bonds. The number of carbonyl (C=O) groups is 1. The Bertz CT molecular complexity index is 1030. The van der Waals surface area contributed by atoms with Crippen molar-refractivity contribution in [1.82, 2.24) is 10.2 Å². The summed E-state index contributed by atoms with van der Waals surface area (Å²) in [6.45, 7) is 4.46. The topological polar surface area (TPSA) is 78.5 Å². The second kappa shape index (κ2) is 16.9. The molecule has 2 aromatic carbocycles. The van der Waals surface area contributed by atoms with Crippen LogP contribution in [-0.2, 0) is 22.4 Å². The molecule has 0 aromatic heterocycles. The molecular weight excluding hydrogens is 690 g/mol. The normalized spacial score (nSPS) is 13.2. The van der Waals surface area contributed by atoms with Gasteiger partial charge in [-0.3, -0.25) is 0 Å². The molecule has 8 nitrogen and oxygen atoms in total. The number of unbranched alkanes of at least 4 members (excludes halogenated alkanes) is 1. The van der Waals surface area contributed by atoms with Crippen LogP contribution in [0, 0.1) is 24.7 Å². The molecule has 0 spiro atoms. The third-order valence-electron chi connectivity index (χ3n) is 6.25. The van der Waals surface area contributed by atoms with Crippen molar-refractivity contribution < 1.29 is 57.6 Å². The Morgan fingerprint density at radius 3 is 2.39 bits per heavy atom. The van der Waals surface area contributed by atoms with Crippen LogP contribution in [0.15, 0.2) is 30.3 Å². The van der Waals surface area contributed by atoms with E-state index < -0.39 is 6.67 Å². The van der Waals surface area contributed by atoms with Gasteiger partial charge in [-0.25, -0.2) is 4.39 Å². The number of rotatable bonds is 17. The monoisotopic (exact) mass is 728 g/mol. The van der Waals surface area contributed by atoms with Crippen LogP contribution in [0.2, 0.25) is 0 Å². The van der Waals surface area contributed by atoms with Crippen molar-refractivity contribution >= 4 is 9.18 Å². The number of nitrogens with zero attached hydrogens (tertiary/aromatic N) is 1. The van der Waals surface area contributed by atoms with Gasteiger partial charge in [0.1, 0.15) is 6.67 Å². The zero-order chi connectivity index (χ0) is 27.2. The summed E-state index contributed by atoms with van der Waals surface area (Å²) < 4.78 is 40.2. The van der Waals surface area contributed by atoms with Crippen molar-refractivity contribution in [3.63, 3.8) is 0 Å². The van der Waals surface area contributed by atoms with E-state index in [1.807, 2.05) is 18.2 Å². The maximum atomic E-state index is 12.9. The number of nitrogens with one attached hydrogen (secondary N) is 1. The Kier molecular flexibility index (Phi) is 13.5. The van der Waals surface area contributed by atoms with E-state index in [-0.39, 0.29) is 12.5 Å². The minimum atomic E-state index is -0.498. The summed E-state index contributed by atoms with van der Waals surface area (Å²) in [5, 5.41) is 3.04. The van der Waals surface area contributed by atoms with Crippen molar-refractivity contribution in [1.29, 1.82) is 0 Å². The minimum absolute atomic E-state index is 0.0848. The van der Waals surface area contributed by atoms with E-state index in [2.05, 4.69) is 22.3 Å². The molecule has 3 rings (SSSR count). The number of hydrogen-bond donors (Lipinski definition) is 1. The number of fused-ring (bicyclic) bond motifs is 1. The number of ether oxygens (including phenoxy) is 5. The first kappa shape index (κ1) is 30.5. The first-order valence-electron chi connectivity index (χ1n) is 12.9. The SMILES string of the molecule is COc1cc2c(cc1OC)CN(CCCCNC(=O)c1cc([211At])ccc1OCCOCCOCCF)CC2. The van der Waals surface area contributed by atoms with Crippen molar-refractivity contribution in [2.45, 2.75) is 25.8 Å². The standard InChI is InChI=1S/C28H38AtFN2O6/c1-34-26-17-21-7-11-32(20-22(21)18-27(26)35-2)10-4-3-9-31-28(33)24-19-23(29)5-6-25(24)38-16-15-37-14-13-36-12-8-30/h5-6,17-19H,3-4,7-16,20H2,1-2H3,(H,31,33)/i29+1. The fourth-order valence-electron chi connectivity index (χ4n) is 4.28. The summed E-state index contributed by atoms with van der Waals surface area (Å²) in [5.74, 6) is 1.96. The summed E-state index contributed by atoms with van der Waals surface area (Å²) in [4.78, 5) is 15.3. The second-order valence-corrected chi connectivity index (χ2v) is 10.6. The van der Waals surface area contributed by atoms with Gasteiger partial charge in [0.2, 0.25) is 0 Å². The zero-order valence-corrected chi connectivity index (χ0v) is 25.2. The molecule has 0 bridgehead atoms. The second-order valence-electron chi connectivity index (χ2n) is 8.87. The van der Waals surface area contributed by atoms with Gasteiger partial charge in [-0.2, -0.15) is 0 Å². The molecule has 1 aliphatic rings. The van der Waals surface area contributed by atoms with Gasteiger partial charge in [-0.1, -0.05) is 0 Å². The van der Waals surface area contributed by atoms with Gasteiger partial charge in [0.15, 0.2) is 11.5 Å². The molecule has 38 heavy (non-hydrogen) atoms. The number of alkyl halides is 1. The Hall–Kier alpha value is -2.00. The molecule has 1 aliphatic heterocycles. The molecule has 0 aliphatic carbocycles. The Morgan fingerprint density at radius 2 is 1.66 bits per heavy atom. The van der Waals surface area contributed by atoms with E-state index in [4.69, 9.17) is 23.7 Å². The Labute approximate surface area is 239 Å². The van der Waals surface area contributed by atoms with Crippen LogP contribution >= 0.6 is 0 Å². The molecule has 1 heterocycles.